The third-order valence-electron chi connectivity index (χ3n) is 3.79. The Morgan fingerprint density at radius 2 is 1.54 bits per heavy atom. The predicted molar refractivity (Wildman–Crippen MR) is 88.1 cm³/mol. The average molecular weight is 375 g/mol. The third kappa shape index (κ3) is 8.42. The van der Waals surface area contributed by atoms with E-state index in [9.17, 15) is 29.1 Å². The molecule has 11 heteroatoms. The SMILES string of the molecule is CCC(C)C(NC(=O)C(CC(=O)O)NC(=O)C(N)CCC(=O)O)C(=O)O. The number of carboxylic acid groups (broad SMARTS) is 3. The van der Waals surface area contributed by atoms with Gasteiger partial charge in [0.25, 0.3) is 0 Å². The lowest BCUT2D eigenvalue weighted by atomic mass is 9.98. The van der Waals surface area contributed by atoms with E-state index in [1.54, 1.807) is 13.8 Å². The van der Waals surface area contributed by atoms with Crippen LogP contribution in [0.4, 0.5) is 0 Å². The number of carbonyl (C=O) groups excluding carboxylic acids is 2. The zero-order valence-corrected chi connectivity index (χ0v) is 14.6. The van der Waals surface area contributed by atoms with Crippen molar-refractivity contribution in [3.05, 3.63) is 0 Å². The van der Waals surface area contributed by atoms with E-state index >= 15 is 0 Å². The Balaban J connectivity index is 5.08. The summed E-state index contributed by atoms with van der Waals surface area (Å²) < 4.78 is 0. The molecule has 148 valence electrons. The van der Waals surface area contributed by atoms with Crippen molar-refractivity contribution >= 4 is 29.7 Å². The quantitative estimate of drug-likeness (QED) is 0.241. The molecule has 0 aromatic carbocycles. The van der Waals surface area contributed by atoms with Crippen LogP contribution in [0.15, 0.2) is 0 Å². The minimum absolute atomic E-state index is 0.201. The van der Waals surface area contributed by atoms with Crippen LogP contribution in [0.1, 0.15) is 39.5 Å². The molecule has 0 aromatic rings. The largest absolute Gasteiger partial charge is 0.481 e. The highest BCUT2D eigenvalue weighted by molar-refractivity contribution is 5.94. The molecule has 7 N–H and O–H groups in total. The first-order valence-corrected chi connectivity index (χ1v) is 8.02. The molecular formula is C15H25N3O8. The van der Waals surface area contributed by atoms with E-state index in [2.05, 4.69) is 10.6 Å². The Morgan fingerprint density at radius 3 is 1.96 bits per heavy atom. The van der Waals surface area contributed by atoms with E-state index in [0.717, 1.165) is 0 Å². The molecule has 0 radical (unpaired) electrons. The summed E-state index contributed by atoms with van der Waals surface area (Å²) in [6, 6.07) is -4.04. The summed E-state index contributed by atoms with van der Waals surface area (Å²) in [4.78, 5) is 56.9. The van der Waals surface area contributed by atoms with Crippen LogP contribution in [0, 0.1) is 5.92 Å². The predicted octanol–water partition coefficient (Wildman–Crippen LogP) is -1.25. The number of carbonyl (C=O) groups is 5. The lowest BCUT2D eigenvalue weighted by molar-refractivity contribution is -0.144. The van der Waals surface area contributed by atoms with Crippen LogP contribution >= 0.6 is 0 Å². The van der Waals surface area contributed by atoms with Crippen molar-refractivity contribution in [2.75, 3.05) is 0 Å². The molecule has 0 spiro atoms. The molecule has 0 heterocycles. The van der Waals surface area contributed by atoms with Crippen LogP contribution in [0.5, 0.6) is 0 Å². The zero-order valence-electron chi connectivity index (χ0n) is 14.6. The Bertz CT molecular complexity index is 551. The Labute approximate surface area is 149 Å². The second-order valence-corrected chi connectivity index (χ2v) is 5.91. The first-order chi connectivity index (χ1) is 12.0. The van der Waals surface area contributed by atoms with E-state index in [0.29, 0.717) is 6.42 Å². The van der Waals surface area contributed by atoms with Gasteiger partial charge in [0.1, 0.15) is 12.1 Å². The summed E-state index contributed by atoms with van der Waals surface area (Å²) in [6.07, 6.45) is -0.907. The number of hydrogen-bond donors (Lipinski definition) is 6. The summed E-state index contributed by atoms with van der Waals surface area (Å²) >= 11 is 0. The second kappa shape index (κ2) is 11.0. The van der Waals surface area contributed by atoms with Gasteiger partial charge in [0.2, 0.25) is 11.8 Å². The van der Waals surface area contributed by atoms with Crippen LogP contribution in [-0.4, -0.2) is 63.2 Å². The first kappa shape index (κ1) is 23.3. The normalized spacial score (nSPS) is 15.2. The summed E-state index contributed by atoms with van der Waals surface area (Å²) in [5.41, 5.74) is 5.52. The van der Waals surface area contributed by atoms with Crippen molar-refractivity contribution < 1.29 is 39.3 Å². The van der Waals surface area contributed by atoms with Crippen molar-refractivity contribution in [1.82, 2.24) is 10.6 Å². The highest BCUT2D eigenvalue weighted by Gasteiger charge is 2.31. The van der Waals surface area contributed by atoms with E-state index in [-0.39, 0.29) is 12.8 Å². The number of nitrogens with one attached hydrogen (secondary N) is 2. The molecule has 0 aromatic heterocycles. The highest BCUT2D eigenvalue weighted by atomic mass is 16.4. The maximum Gasteiger partial charge on any atom is 0.326 e. The van der Waals surface area contributed by atoms with Gasteiger partial charge < -0.3 is 31.7 Å². The highest BCUT2D eigenvalue weighted by Crippen LogP contribution is 2.09. The van der Waals surface area contributed by atoms with Gasteiger partial charge >= 0.3 is 17.9 Å². The molecule has 11 nitrogen and oxygen atoms in total. The number of aliphatic carboxylic acids is 3. The van der Waals surface area contributed by atoms with Crippen LogP contribution in [-0.2, 0) is 24.0 Å². The smallest absolute Gasteiger partial charge is 0.326 e. The van der Waals surface area contributed by atoms with Crippen LogP contribution in [0.3, 0.4) is 0 Å². The van der Waals surface area contributed by atoms with E-state index in [1.165, 1.54) is 0 Å². The summed E-state index contributed by atoms with van der Waals surface area (Å²) in [6.45, 7) is 3.33. The number of nitrogens with two attached hydrogens (primary N) is 1. The summed E-state index contributed by atoms with van der Waals surface area (Å²) in [5, 5.41) is 31.0. The van der Waals surface area contributed by atoms with Crippen molar-refractivity contribution in [1.29, 1.82) is 0 Å². The molecule has 2 amide bonds. The monoisotopic (exact) mass is 375 g/mol. The summed E-state index contributed by atoms with van der Waals surface area (Å²) in [7, 11) is 0. The van der Waals surface area contributed by atoms with E-state index < -0.39 is 60.2 Å². The minimum atomic E-state index is -1.54. The van der Waals surface area contributed by atoms with Gasteiger partial charge in [-0.25, -0.2) is 4.79 Å². The molecule has 0 fully saturated rings. The van der Waals surface area contributed by atoms with Crippen molar-refractivity contribution in [2.24, 2.45) is 11.7 Å². The average Bonchev–Trinajstić information content (AvgIpc) is 2.54. The van der Waals surface area contributed by atoms with Crippen molar-refractivity contribution in [3.63, 3.8) is 0 Å². The van der Waals surface area contributed by atoms with Gasteiger partial charge in [-0.1, -0.05) is 20.3 Å². The maximum absolute atomic E-state index is 12.3. The molecule has 0 rings (SSSR count). The molecule has 4 unspecified atom stereocenters. The minimum Gasteiger partial charge on any atom is -0.481 e. The van der Waals surface area contributed by atoms with Crippen LogP contribution in [0.2, 0.25) is 0 Å². The fraction of sp³-hybridized carbons (Fsp3) is 0.667. The third-order valence-corrected chi connectivity index (χ3v) is 3.79. The molecule has 0 aliphatic rings. The van der Waals surface area contributed by atoms with Gasteiger partial charge in [0, 0.05) is 6.42 Å². The Hall–Kier alpha value is -2.69. The van der Waals surface area contributed by atoms with E-state index in [4.69, 9.17) is 15.9 Å². The van der Waals surface area contributed by atoms with Gasteiger partial charge in [0.15, 0.2) is 0 Å². The van der Waals surface area contributed by atoms with Gasteiger partial charge in [0.05, 0.1) is 12.5 Å². The van der Waals surface area contributed by atoms with E-state index in [1.807, 2.05) is 0 Å². The molecule has 4 atom stereocenters. The number of rotatable bonds is 12. The van der Waals surface area contributed by atoms with Gasteiger partial charge in [-0.05, 0) is 12.3 Å². The van der Waals surface area contributed by atoms with Gasteiger partial charge in [-0.15, -0.1) is 0 Å². The Morgan fingerprint density at radius 1 is 0.962 bits per heavy atom. The second-order valence-electron chi connectivity index (χ2n) is 5.91. The standard InChI is InChI=1S/C15H25N3O8/c1-3-7(2)12(15(25)26)18-14(24)9(6-11(21)22)17-13(23)8(16)4-5-10(19)20/h7-9,12H,3-6,16H2,1-2H3,(H,17,23)(H,18,24)(H,19,20)(H,21,22)(H,25,26). The van der Waals surface area contributed by atoms with Crippen LogP contribution < -0.4 is 16.4 Å². The topological polar surface area (TPSA) is 196 Å². The number of amides is 2. The van der Waals surface area contributed by atoms with Crippen molar-refractivity contribution in [3.8, 4) is 0 Å². The molecule has 0 saturated heterocycles. The van der Waals surface area contributed by atoms with Gasteiger partial charge in [-0.3, -0.25) is 19.2 Å². The molecule has 0 aliphatic carbocycles. The Kier molecular flexibility index (Phi) is 9.89. The fourth-order valence-corrected chi connectivity index (χ4v) is 2.01. The van der Waals surface area contributed by atoms with Crippen LogP contribution in [0.25, 0.3) is 0 Å². The molecule has 0 bridgehead atoms. The lowest BCUT2D eigenvalue weighted by Crippen LogP contribution is -2.56. The fourth-order valence-electron chi connectivity index (χ4n) is 2.01. The molecule has 0 saturated carbocycles. The maximum atomic E-state index is 12.3. The molecular weight excluding hydrogens is 350 g/mol. The number of carboxylic acids is 3. The first-order valence-electron chi connectivity index (χ1n) is 8.02. The molecule has 26 heavy (non-hydrogen) atoms. The van der Waals surface area contributed by atoms with Crippen molar-refractivity contribution in [2.45, 2.75) is 57.7 Å². The summed E-state index contributed by atoms with van der Waals surface area (Å²) in [5.74, 6) is -6.13. The number of hydrogen-bond acceptors (Lipinski definition) is 6. The van der Waals surface area contributed by atoms with Gasteiger partial charge in [-0.2, -0.15) is 0 Å². The zero-order chi connectivity index (χ0) is 20.4. The lowest BCUT2D eigenvalue weighted by Gasteiger charge is -2.24. The molecule has 0 aliphatic heterocycles.